The summed E-state index contributed by atoms with van der Waals surface area (Å²) in [4.78, 5) is 16.5. The second-order valence-electron chi connectivity index (χ2n) is 5.10. The fourth-order valence-electron chi connectivity index (χ4n) is 2.30. The third-order valence-corrected chi connectivity index (χ3v) is 3.38. The zero-order valence-corrected chi connectivity index (χ0v) is 12.7. The molecule has 0 bridgehead atoms. The average Bonchev–Trinajstić information content (AvgIpc) is 3.25. The van der Waals surface area contributed by atoms with Crippen molar-refractivity contribution in [1.29, 1.82) is 0 Å². The van der Waals surface area contributed by atoms with E-state index in [0.29, 0.717) is 29.3 Å². The van der Waals surface area contributed by atoms with Crippen molar-refractivity contribution in [3.8, 4) is 11.4 Å². The second-order valence-corrected chi connectivity index (χ2v) is 5.10. The monoisotopic (exact) mass is 311 g/mol. The molecule has 0 unspecified atom stereocenters. The normalized spacial score (nSPS) is 10.7. The van der Waals surface area contributed by atoms with Crippen molar-refractivity contribution >= 4 is 5.91 Å². The molecule has 0 aliphatic rings. The predicted octanol–water partition coefficient (Wildman–Crippen LogP) is 2.34. The van der Waals surface area contributed by atoms with Crippen LogP contribution in [0.2, 0.25) is 0 Å². The Bertz CT molecular complexity index is 779. The molecule has 7 nitrogen and oxygen atoms in total. The molecule has 2 N–H and O–H groups in total. The van der Waals surface area contributed by atoms with E-state index in [9.17, 15) is 4.79 Å². The lowest BCUT2D eigenvalue weighted by molar-refractivity contribution is 0.0947. The number of rotatable bonds is 6. The number of aromatic nitrogens is 4. The molecule has 1 amide bonds. The van der Waals surface area contributed by atoms with Gasteiger partial charge in [-0.25, -0.2) is 4.98 Å². The fourth-order valence-corrected chi connectivity index (χ4v) is 2.30. The van der Waals surface area contributed by atoms with Crippen molar-refractivity contribution < 1.29 is 9.32 Å². The Morgan fingerprint density at radius 1 is 1.35 bits per heavy atom. The fraction of sp³-hybridized carbons (Fsp3) is 0.250. The molecule has 2 heterocycles. The molecule has 2 aromatic heterocycles. The molecule has 0 fully saturated rings. The maximum atomic E-state index is 12.4. The smallest absolute Gasteiger partial charge is 0.252 e. The lowest BCUT2D eigenvalue weighted by Gasteiger charge is -2.07. The number of hydrogen-bond donors (Lipinski definition) is 2. The van der Waals surface area contributed by atoms with Gasteiger partial charge in [-0.1, -0.05) is 36.7 Å². The van der Waals surface area contributed by atoms with E-state index in [0.717, 1.165) is 18.5 Å². The van der Waals surface area contributed by atoms with E-state index in [-0.39, 0.29) is 5.91 Å². The van der Waals surface area contributed by atoms with Crippen LogP contribution in [0.25, 0.3) is 11.4 Å². The minimum Gasteiger partial charge on any atom is -0.359 e. The summed E-state index contributed by atoms with van der Waals surface area (Å²) in [6.45, 7) is 2.37. The Hall–Kier alpha value is -2.96. The first-order valence-corrected chi connectivity index (χ1v) is 7.45. The first-order valence-electron chi connectivity index (χ1n) is 7.45. The van der Waals surface area contributed by atoms with Gasteiger partial charge in [0.1, 0.15) is 6.33 Å². The molecule has 7 heteroatoms. The van der Waals surface area contributed by atoms with Crippen molar-refractivity contribution in [2.24, 2.45) is 0 Å². The number of carbonyl (C=O) groups excluding carboxylic acids is 1. The number of carbonyl (C=O) groups is 1. The summed E-state index contributed by atoms with van der Waals surface area (Å²) in [5.74, 6) is 0.991. The molecule has 0 saturated carbocycles. The molecule has 118 valence electrons. The quantitative estimate of drug-likeness (QED) is 0.728. The van der Waals surface area contributed by atoms with E-state index < -0.39 is 0 Å². The number of aryl methyl sites for hydroxylation is 1. The molecule has 3 rings (SSSR count). The van der Waals surface area contributed by atoms with Crippen LogP contribution in [0.3, 0.4) is 0 Å². The van der Waals surface area contributed by atoms with Gasteiger partial charge < -0.3 is 9.84 Å². The number of amides is 1. The maximum Gasteiger partial charge on any atom is 0.252 e. The SMILES string of the molecule is CCCc1cc(CNC(=O)c2ccccc2-c2ncn[nH]2)on1. The van der Waals surface area contributed by atoms with E-state index in [2.05, 4.69) is 32.6 Å². The van der Waals surface area contributed by atoms with Gasteiger partial charge in [-0.05, 0) is 12.5 Å². The molecule has 23 heavy (non-hydrogen) atoms. The van der Waals surface area contributed by atoms with Crippen molar-refractivity contribution in [1.82, 2.24) is 25.7 Å². The van der Waals surface area contributed by atoms with Gasteiger partial charge in [0, 0.05) is 11.6 Å². The van der Waals surface area contributed by atoms with Gasteiger partial charge in [-0.3, -0.25) is 9.89 Å². The van der Waals surface area contributed by atoms with E-state index in [4.69, 9.17) is 4.52 Å². The highest BCUT2D eigenvalue weighted by Crippen LogP contribution is 2.19. The number of nitrogens with one attached hydrogen (secondary N) is 2. The molecule has 0 aliphatic carbocycles. The molecular formula is C16H17N5O2. The molecular weight excluding hydrogens is 294 g/mol. The van der Waals surface area contributed by atoms with Crippen LogP contribution >= 0.6 is 0 Å². The van der Waals surface area contributed by atoms with Gasteiger partial charge in [0.05, 0.1) is 17.8 Å². The largest absolute Gasteiger partial charge is 0.359 e. The molecule has 0 saturated heterocycles. The number of H-pyrrole nitrogens is 1. The summed E-state index contributed by atoms with van der Waals surface area (Å²) >= 11 is 0. The third-order valence-electron chi connectivity index (χ3n) is 3.38. The lowest BCUT2D eigenvalue weighted by Crippen LogP contribution is -2.23. The Balaban J connectivity index is 1.71. The Labute approximate surface area is 133 Å². The van der Waals surface area contributed by atoms with Crippen molar-refractivity contribution in [2.75, 3.05) is 0 Å². The number of benzene rings is 1. The van der Waals surface area contributed by atoms with Crippen LogP contribution in [0, 0.1) is 0 Å². The molecule has 3 aromatic rings. The van der Waals surface area contributed by atoms with Gasteiger partial charge in [0.2, 0.25) is 0 Å². The Kier molecular flexibility index (Phi) is 4.46. The van der Waals surface area contributed by atoms with Crippen LogP contribution < -0.4 is 5.32 Å². The first-order chi connectivity index (χ1) is 11.3. The van der Waals surface area contributed by atoms with Crippen LogP contribution in [0.15, 0.2) is 41.2 Å². The third kappa shape index (κ3) is 3.45. The molecule has 0 spiro atoms. The van der Waals surface area contributed by atoms with Crippen LogP contribution in [0.4, 0.5) is 0 Å². The summed E-state index contributed by atoms with van der Waals surface area (Å²) in [5.41, 5.74) is 2.13. The zero-order valence-electron chi connectivity index (χ0n) is 12.7. The van der Waals surface area contributed by atoms with Crippen molar-refractivity contribution in [2.45, 2.75) is 26.3 Å². The van der Waals surface area contributed by atoms with E-state index in [1.165, 1.54) is 6.33 Å². The summed E-state index contributed by atoms with van der Waals surface area (Å²) < 4.78 is 5.21. The number of hydrogen-bond acceptors (Lipinski definition) is 5. The lowest BCUT2D eigenvalue weighted by atomic mass is 10.1. The first kappa shape index (κ1) is 15.0. The summed E-state index contributed by atoms with van der Waals surface area (Å²) in [6, 6.07) is 9.09. The van der Waals surface area contributed by atoms with Gasteiger partial charge in [0.25, 0.3) is 5.91 Å². The van der Waals surface area contributed by atoms with Crippen molar-refractivity contribution in [3.05, 3.63) is 53.7 Å². The summed E-state index contributed by atoms with van der Waals surface area (Å²) in [6.07, 6.45) is 3.28. The van der Waals surface area contributed by atoms with Crippen LogP contribution in [-0.2, 0) is 13.0 Å². The average molecular weight is 311 g/mol. The van der Waals surface area contributed by atoms with E-state index in [1.54, 1.807) is 6.07 Å². The van der Waals surface area contributed by atoms with Crippen molar-refractivity contribution in [3.63, 3.8) is 0 Å². The molecule has 0 atom stereocenters. The second kappa shape index (κ2) is 6.87. The van der Waals surface area contributed by atoms with Gasteiger partial charge in [0.15, 0.2) is 11.6 Å². The molecule has 0 radical (unpaired) electrons. The maximum absolute atomic E-state index is 12.4. The number of nitrogens with zero attached hydrogens (tertiary/aromatic N) is 3. The minimum absolute atomic E-state index is 0.203. The topological polar surface area (TPSA) is 96.7 Å². The predicted molar refractivity (Wildman–Crippen MR) is 83.5 cm³/mol. The Morgan fingerprint density at radius 2 is 2.22 bits per heavy atom. The van der Waals surface area contributed by atoms with Crippen LogP contribution in [0.5, 0.6) is 0 Å². The van der Waals surface area contributed by atoms with Crippen LogP contribution in [-0.4, -0.2) is 26.2 Å². The van der Waals surface area contributed by atoms with Crippen LogP contribution in [0.1, 0.15) is 35.2 Å². The standard InChI is InChI=1S/C16H17N5O2/c1-2-5-11-8-12(23-21-11)9-17-16(22)14-7-4-3-6-13(14)15-18-10-19-20-15/h3-4,6-8,10H,2,5,9H2,1H3,(H,17,22)(H,18,19,20). The number of aromatic amines is 1. The summed E-state index contributed by atoms with van der Waals surface area (Å²) in [5, 5.41) is 13.4. The molecule has 1 aromatic carbocycles. The van der Waals surface area contributed by atoms with E-state index in [1.807, 2.05) is 24.3 Å². The van der Waals surface area contributed by atoms with Gasteiger partial charge in [-0.2, -0.15) is 5.10 Å². The highest BCUT2D eigenvalue weighted by Gasteiger charge is 2.14. The zero-order chi connectivity index (χ0) is 16.1. The summed E-state index contributed by atoms with van der Waals surface area (Å²) in [7, 11) is 0. The van der Waals surface area contributed by atoms with E-state index >= 15 is 0 Å². The minimum atomic E-state index is -0.203. The van der Waals surface area contributed by atoms with Gasteiger partial charge in [-0.15, -0.1) is 0 Å². The highest BCUT2D eigenvalue weighted by atomic mass is 16.5. The Morgan fingerprint density at radius 3 is 3.00 bits per heavy atom. The highest BCUT2D eigenvalue weighted by molar-refractivity contribution is 6.00. The van der Waals surface area contributed by atoms with Gasteiger partial charge >= 0.3 is 0 Å². The molecule has 0 aliphatic heterocycles.